The third-order valence-corrected chi connectivity index (χ3v) is 5.63. The lowest BCUT2D eigenvalue weighted by Crippen LogP contribution is -2.54. The Labute approximate surface area is 125 Å². The fourth-order valence-corrected chi connectivity index (χ4v) is 5.21. The van der Waals surface area contributed by atoms with Gasteiger partial charge in [-0.05, 0) is 56.3 Å². The second-order valence-electron chi connectivity index (χ2n) is 7.30. The van der Waals surface area contributed by atoms with E-state index in [1.54, 1.807) is 12.1 Å². The number of Topliss-reactive ketones (excluding diaryl/α,β-unsaturated/α-hetero) is 1. The minimum Gasteiger partial charge on any atom is -0.362 e. The van der Waals surface area contributed by atoms with Crippen molar-refractivity contribution in [3.05, 3.63) is 35.9 Å². The molecule has 4 aliphatic carbocycles. The van der Waals surface area contributed by atoms with Crippen molar-refractivity contribution in [2.45, 2.75) is 50.4 Å². The Kier molecular flexibility index (Phi) is 3.16. The molecule has 0 amide bonds. The van der Waals surface area contributed by atoms with E-state index < -0.39 is 6.29 Å². The number of carbonyl (C=O) groups is 1. The molecule has 0 heterocycles. The summed E-state index contributed by atoms with van der Waals surface area (Å²) in [5, 5.41) is 10.3. The van der Waals surface area contributed by atoms with Gasteiger partial charge < -0.3 is 9.84 Å². The van der Waals surface area contributed by atoms with Crippen molar-refractivity contribution in [3.8, 4) is 0 Å². The van der Waals surface area contributed by atoms with E-state index in [4.69, 9.17) is 4.74 Å². The van der Waals surface area contributed by atoms with Crippen LogP contribution in [0.25, 0.3) is 0 Å². The van der Waals surface area contributed by atoms with Crippen LogP contribution in [0.4, 0.5) is 0 Å². The molecule has 1 aromatic carbocycles. The third-order valence-electron chi connectivity index (χ3n) is 5.63. The van der Waals surface area contributed by atoms with Crippen LogP contribution >= 0.6 is 0 Å². The Hall–Kier alpha value is -1.19. The smallest absolute Gasteiger partial charge is 0.220 e. The van der Waals surface area contributed by atoms with Crippen molar-refractivity contribution in [1.82, 2.24) is 0 Å². The van der Waals surface area contributed by atoms with Crippen molar-refractivity contribution in [2.75, 3.05) is 0 Å². The number of ketones is 1. The van der Waals surface area contributed by atoms with Crippen molar-refractivity contribution in [2.24, 2.45) is 17.8 Å². The molecule has 112 valence electrons. The highest BCUT2D eigenvalue weighted by molar-refractivity contribution is 5.98. The lowest BCUT2D eigenvalue weighted by atomic mass is 9.54. The zero-order valence-electron chi connectivity index (χ0n) is 12.2. The van der Waals surface area contributed by atoms with Gasteiger partial charge in [0.1, 0.15) is 0 Å². The van der Waals surface area contributed by atoms with E-state index in [9.17, 15) is 9.90 Å². The quantitative estimate of drug-likeness (QED) is 0.683. The zero-order valence-corrected chi connectivity index (χ0v) is 12.2. The normalized spacial score (nSPS) is 38.4. The summed E-state index contributed by atoms with van der Waals surface area (Å²) < 4.78 is 5.97. The van der Waals surface area contributed by atoms with Crippen LogP contribution in [0, 0.1) is 17.8 Å². The van der Waals surface area contributed by atoms with Crippen LogP contribution in [0.5, 0.6) is 0 Å². The first-order valence-electron chi connectivity index (χ1n) is 8.09. The summed E-state index contributed by atoms with van der Waals surface area (Å²) in [5.74, 6) is 1.92. The predicted molar refractivity (Wildman–Crippen MR) is 78.8 cm³/mol. The van der Waals surface area contributed by atoms with E-state index in [1.165, 1.54) is 19.3 Å². The Balaban J connectivity index is 1.49. The Morgan fingerprint density at radius 1 is 1.05 bits per heavy atom. The zero-order chi connectivity index (χ0) is 14.4. The molecule has 0 radical (unpaired) electrons. The lowest BCUT2D eigenvalue weighted by molar-refractivity contribution is -0.222. The van der Waals surface area contributed by atoms with Gasteiger partial charge in [-0.3, -0.25) is 4.79 Å². The van der Waals surface area contributed by atoms with E-state index in [0.29, 0.717) is 5.56 Å². The van der Waals surface area contributed by atoms with Gasteiger partial charge in [0.05, 0.1) is 5.60 Å². The molecule has 0 aromatic heterocycles. The van der Waals surface area contributed by atoms with Gasteiger partial charge >= 0.3 is 0 Å². The summed E-state index contributed by atoms with van der Waals surface area (Å²) >= 11 is 0. The standard InChI is InChI=1S/C18H22O3/c19-16(15-4-2-1-3-5-15)17(20)21-18-9-12-6-13(10-18)8-14(7-12)11-18/h1-5,12-14,17,20H,6-11H2/t12?,13?,14?,17-,18?/m0/s1. The minimum atomic E-state index is -1.32. The summed E-state index contributed by atoms with van der Waals surface area (Å²) in [7, 11) is 0. The highest BCUT2D eigenvalue weighted by atomic mass is 16.6. The van der Waals surface area contributed by atoms with Crippen LogP contribution in [-0.2, 0) is 4.74 Å². The van der Waals surface area contributed by atoms with Gasteiger partial charge in [-0.25, -0.2) is 0 Å². The van der Waals surface area contributed by atoms with Crippen molar-refractivity contribution in [1.29, 1.82) is 0 Å². The number of rotatable bonds is 4. The molecular formula is C18H22O3. The van der Waals surface area contributed by atoms with E-state index >= 15 is 0 Å². The summed E-state index contributed by atoms with van der Waals surface area (Å²) in [4.78, 5) is 12.3. The number of hydrogen-bond donors (Lipinski definition) is 1. The molecule has 4 saturated carbocycles. The number of carbonyl (C=O) groups excluding carboxylic acids is 1. The molecule has 0 aliphatic heterocycles. The van der Waals surface area contributed by atoms with Gasteiger partial charge in [0.25, 0.3) is 0 Å². The molecule has 1 aromatic rings. The molecule has 1 atom stereocenters. The molecule has 3 heteroatoms. The fourth-order valence-electron chi connectivity index (χ4n) is 5.21. The Bertz CT molecular complexity index is 501. The van der Waals surface area contributed by atoms with Crippen molar-refractivity contribution in [3.63, 3.8) is 0 Å². The van der Waals surface area contributed by atoms with Crippen molar-refractivity contribution >= 4 is 5.78 Å². The molecule has 0 saturated heterocycles. The average Bonchev–Trinajstić information content (AvgIpc) is 2.45. The van der Waals surface area contributed by atoms with Gasteiger partial charge in [0.15, 0.2) is 0 Å². The van der Waals surface area contributed by atoms with Gasteiger partial charge in [-0.2, -0.15) is 0 Å². The highest BCUT2D eigenvalue weighted by Crippen LogP contribution is 2.57. The maximum atomic E-state index is 12.3. The summed E-state index contributed by atoms with van der Waals surface area (Å²) in [6.45, 7) is 0. The predicted octanol–water partition coefficient (Wildman–Crippen LogP) is 3.17. The number of ether oxygens (including phenoxy) is 1. The average molecular weight is 286 g/mol. The van der Waals surface area contributed by atoms with E-state index in [2.05, 4.69) is 0 Å². The SMILES string of the molecule is O=C(c1ccccc1)[C@@H](O)OC12CC3CC(CC(C3)C1)C2. The van der Waals surface area contributed by atoms with E-state index in [0.717, 1.165) is 37.0 Å². The van der Waals surface area contributed by atoms with Gasteiger partial charge in [0.2, 0.25) is 12.1 Å². The Morgan fingerprint density at radius 2 is 1.57 bits per heavy atom. The van der Waals surface area contributed by atoms with Crippen molar-refractivity contribution < 1.29 is 14.6 Å². The number of hydrogen-bond acceptors (Lipinski definition) is 3. The maximum Gasteiger partial charge on any atom is 0.220 e. The number of aliphatic hydroxyl groups excluding tert-OH is 1. The summed E-state index contributed by atoms with van der Waals surface area (Å²) in [6, 6.07) is 8.95. The fraction of sp³-hybridized carbons (Fsp3) is 0.611. The number of benzene rings is 1. The van der Waals surface area contributed by atoms with E-state index in [1.807, 2.05) is 18.2 Å². The topological polar surface area (TPSA) is 46.5 Å². The molecule has 4 bridgehead atoms. The van der Waals surface area contributed by atoms with Gasteiger partial charge in [-0.1, -0.05) is 30.3 Å². The first kappa shape index (κ1) is 13.5. The van der Waals surface area contributed by atoms with Crippen LogP contribution in [0.15, 0.2) is 30.3 Å². The molecule has 4 aliphatic rings. The monoisotopic (exact) mass is 286 g/mol. The van der Waals surface area contributed by atoms with Crippen LogP contribution in [-0.4, -0.2) is 22.8 Å². The second-order valence-corrected chi connectivity index (χ2v) is 7.30. The molecule has 4 fully saturated rings. The first-order chi connectivity index (χ1) is 10.1. The molecule has 0 unspecified atom stereocenters. The second kappa shape index (κ2) is 4.92. The highest BCUT2D eigenvalue weighted by Gasteiger charge is 2.52. The minimum absolute atomic E-state index is 0.237. The molecule has 0 spiro atoms. The summed E-state index contributed by atoms with van der Waals surface area (Å²) in [5.41, 5.74) is 0.285. The van der Waals surface area contributed by atoms with Gasteiger partial charge in [-0.15, -0.1) is 0 Å². The third kappa shape index (κ3) is 2.43. The number of aliphatic hydroxyl groups is 1. The lowest BCUT2D eigenvalue weighted by Gasteiger charge is -2.56. The molecule has 1 N–H and O–H groups in total. The Morgan fingerprint density at radius 3 is 2.10 bits per heavy atom. The van der Waals surface area contributed by atoms with Crippen LogP contribution in [0.1, 0.15) is 48.9 Å². The largest absolute Gasteiger partial charge is 0.362 e. The molecule has 21 heavy (non-hydrogen) atoms. The first-order valence-corrected chi connectivity index (χ1v) is 8.09. The van der Waals surface area contributed by atoms with E-state index in [-0.39, 0.29) is 11.4 Å². The van der Waals surface area contributed by atoms with Crippen LogP contribution in [0.2, 0.25) is 0 Å². The van der Waals surface area contributed by atoms with Crippen LogP contribution in [0.3, 0.4) is 0 Å². The van der Waals surface area contributed by atoms with Gasteiger partial charge in [0, 0.05) is 5.56 Å². The van der Waals surface area contributed by atoms with Crippen LogP contribution < -0.4 is 0 Å². The maximum absolute atomic E-state index is 12.3. The molecule has 3 nitrogen and oxygen atoms in total. The molecular weight excluding hydrogens is 264 g/mol. The molecule has 5 rings (SSSR count). The summed E-state index contributed by atoms with van der Waals surface area (Å²) in [6.07, 6.45) is 5.74.